The van der Waals surface area contributed by atoms with Crippen LogP contribution in [-0.2, 0) is 11.3 Å². The number of amides is 1. The minimum absolute atomic E-state index is 0.0920. The molecule has 0 N–H and O–H groups in total. The number of halogens is 3. The maximum absolute atomic E-state index is 14.0. The van der Waals surface area contributed by atoms with E-state index in [1.807, 2.05) is 0 Å². The van der Waals surface area contributed by atoms with Crippen LogP contribution in [-0.4, -0.2) is 28.1 Å². The van der Waals surface area contributed by atoms with Gasteiger partial charge in [-0.2, -0.15) is 4.98 Å². The first kappa shape index (κ1) is 19.3. The lowest BCUT2D eigenvalue weighted by Crippen LogP contribution is -2.27. The largest absolute Gasteiger partial charge is 0.494 e. The van der Waals surface area contributed by atoms with Crippen molar-refractivity contribution in [2.24, 2.45) is 0 Å². The van der Waals surface area contributed by atoms with Crippen LogP contribution in [0.3, 0.4) is 0 Å². The molecule has 0 aliphatic carbocycles. The molecule has 1 aliphatic heterocycles. The third-order valence-corrected chi connectivity index (χ3v) is 5.17. The van der Waals surface area contributed by atoms with E-state index in [9.17, 15) is 13.6 Å². The molecule has 6 nitrogen and oxygen atoms in total. The lowest BCUT2D eigenvalue weighted by atomic mass is 10.1. The summed E-state index contributed by atoms with van der Waals surface area (Å²) in [4.78, 5) is 18.3. The van der Waals surface area contributed by atoms with E-state index in [-0.39, 0.29) is 34.9 Å². The maximum atomic E-state index is 14.0. The second-order valence-corrected chi connectivity index (χ2v) is 7.02. The van der Waals surface area contributed by atoms with Gasteiger partial charge in [-0.05, 0) is 42.3 Å². The summed E-state index contributed by atoms with van der Waals surface area (Å²) in [7, 11) is 1.38. The molecule has 2 aromatic carbocycles. The van der Waals surface area contributed by atoms with Gasteiger partial charge in [-0.15, -0.1) is 0 Å². The first-order valence-electron chi connectivity index (χ1n) is 8.87. The molecule has 0 saturated carbocycles. The number of hydrogen-bond acceptors (Lipinski definition) is 5. The van der Waals surface area contributed by atoms with Gasteiger partial charge in [-0.1, -0.05) is 22.8 Å². The molecule has 1 saturated heterocycles. The Hall–Kier alpha value is -3.00. The average molecular weight is 420 g/mol. The summed E-state index contributed by atoms with van der Waals surface area (Å²) in [6.07, 6.45) is 0.814. The van der Waals surface area contributed by atoms with Gasteiger partial charge in [-0.3, -0.25) is 4.79 Å². The molecule has 1 aliphatic rings. The van der Waals surface area contributed by atoms with Crippen LogP contribution in [0.2, 0.25) is 5.02 Å². The Bertz CT molecular complexity index is 1070. The van der Waals surface area contributed by atoms with Gasteiger partial charge in [0, 0.05) is 23.6 Å². The van der Waals surface area contributed by atoms with Gasteiger partial charge in [0.25, 0.3) is 0 Å². The molecule has 1 unspecified atom stereocenters. The zero-order valence-corrected chi connectivity index (χ0v) is 16.1. The average Bonchev–Trinajstić information content (AvgIpc) is 3.31. The molecule has 2 heterocycles. The number of carbonyl (C=O) groups is 1. The fourth-order valence-electron chi connectivity index (χ4n) is 3.32. The molecule has 1 aromatic heterocycles. The van der Waals surface area contributed by atoms with Crippen molar-refractivity contribution in [3.63, 3.8) is 0 Å². The van der Waals surface area contributed by atoms with E-state index in [1.165, 1.54) is 31.4 Å². The third kappa shape index (κ3) is 3.80. The quantitative estimate of drug-likeness (QED) is 0.607. The number of nitrogens with zero attached hydrogens (tertiary/aromatic N) is 3. The van der Waals surface area contributed by atoms with Gasteiger partial charge >= 0.3 is 0 Å². The Labute approximate surface area is 170 Å². The molecule has 0 spiro atoms. The number of ether oxygens (including phenoxy) is 1. The van der Waals surface area contributed by atoms with E-state index >= 15 is 0 Å². The fraction of sp³-hybridized carbons (Fsp3) is 0.250. The molecule has 1 amide bonds. The molecule has 0 radical (unpaired) electrons. The van der Waals surface area contributed by atoms with E-state index in [1.54, 1.807) is 17.0 Å². The molecule has 1 fully saturated rings. The molecule has 150 valence electrons. The molecule has 4 rings (SSSR count). The predicted molar refractivity (Wildman–Crippen MR) is 100 cm³/mol. The zero-order chi connectivity index (χ0) is 20.5. The van der Waals surface area contributed by atoms with Crippen LogP contribution in [0.5, 0.6) is 5.75 Å². The Balaban J connectivity index is 1.59. The van der Waals surface area contributed by atoms with Crippen LogP contribution in [0, 0.1) is 11.6 Å². The molecular weight excluding hydrogens is 404 g/mol. The van der Waals surface area contributed by atoms with Crippen molar-refractivity contribution in [3.8, 4) is 17.1 Å². The topological polar surface area (TPSA) is 68.5 Å². The van der Waals surface area contributed by atoms with Crippen molar-refractivity contribution in [2.75, 3.05) is 7.11 Å². The molecular formula is C20H16ClF2N3O3. The van der Waals surface area contributed by atoms with Gasteiger partial charge in [0.05, 0.1) is 7.11 Å². The van der Waals surface area contributed by atoms with Crippen LogP contribution in [0.25, 0.3) is 11.4 Å². The van der Waals surface area contributed by atoms with Crippen LogP contribution < -0.4 is 4.74 Å². The predicted octanol–water partition coefficient (Wildman–Crippen LogP) is 4.54. The maximum Gasteiger partial charge on any atom is 0.249 e. The van der Waals surface area contributed by atoms with Crippen LogP contribution in [0.15, 0.2) is 40.9 Å². The second-order valence-electron chi connectivity index (χ2n) is 6.62. The smallest absolute Gasteiger partial charge is 0.249 e. The standard InChI is InChI=1S/C20H16ClF2N3O3/c1-28-17-6-3-11(8-15(17)23)19-24-20(29-25-19)16-5-7-18(27)26(16)10-12-2-4-13(22)9-14(12)21/h2-4,6,8-9,16H,5,7,10H2,1H3. The molecule has 1 atom stereocenters. The van der Waals surface area contributed by atoms with E-state index < -0.39 is 17.7 Å². The number of benzene rings is 2. The van der Waals surface area contributed by atoms with Gasteiger partial charge in [0.1, 0.15) is 11.9 Å². The summed E-state index contributed by atoms with van der Waals surface area (Å²) in [5.74, 6) is -0.510. The summed E-state index contributed by atoms with van der Waals surface area (Å²) in [6, 6.07) is 7.95. The van der Waals surface area contributed by atoms with Crippen molar-refractivity contribution in [1.82, 2.24) is 15.0 Å². The van der Waals surface area contributed by atoms with Crippen molar-refractivity contribution < 1.29 is 22.8 Å². The number of rotatable bonds is 5. The summed E-state index contributed by atoms with van der Waals surface area (Å²) in [5.41, 5.74) is 1.04. The third-order valence-electron chi connectivity index (χ3n) is 4.82. The molecule has 9 heteroatoms. The fourth-order valence-corrected chi connectivity index (χ4v) is 3.54. The highest BCUT2D eigenvalue weighted by Crippen LogP contribution is 2.35. The molecule has 29 heavy (non-hydrogen) atoms. The van der Waals surface area contributed by atoms with E-state index in [0.29, 0.717) is 24.0 Å². The van der Waals surface area contributed by atoms with Gasteiger partial charge in [0.2, 0.25) is 17.6 Å². The highest BCUT2D eigenvalue weighted by molar-refractivity contribution is 6.31. The minimum atomic E-state index is -0.542. The van der Waals surface area contributed by atoms with Crippen molar-refractivity contribution in [1.29, 1.82) is 0 Å². The van der Waals surface area contributed by atoms with E-state index in [4.69, 9.17) is 20.9 Å². The van der Waals surface area contributed by atoms with Crippen LogP contribution in [0.1, 0.15) is 30.3 Å². The number of carbonyl (C=O) groups excluding carboxylic acids is 1. The number of hydrogen-bond donors (Lipinski definition) is 0. The Kier molecular flexibility index (Phi) is 5.19. The van der Waals surface area contributed by atoms with Crippen molar-refractivity contribution >= 4 is 17.5 Å². The lowest BCUT2D eigenvalue weighted by Gasteiger charge is -2.22. The second kappa shape index (κ2) is 7.79. The number of aromatic nitrogens is 2. The first-order chi connectivity index (χ1) is 14.0. The Morgan fingerprint density at radius 2 is 2.10 bits per heavy atom. The van der Waals surface area contributed by atoms with E-state index in [2.05, 4.69) is 10.1 Å². The highest BCUT2D eigenvalue weighted by Gasteiger charge is 2.36. The summed E-state index contributed by atoms with van der Waals surface area (Å²) in [5, 5.41) is 4.16. The summed E-state index contributed by atoms with van der Waals surface area (Å²) >= 11 is 6.10. The van der Waals surface area contributed by atoms with Crippen molar-refractivity contribution in [2.45, 2.75) is 25.4 Å². The summed E-state index contributed by atoms with van der Waals surface area (Å²) in [6.45, 7) is 0.192. The zero-order valence-electron chi connectivity index (χ0n) is 15.4. The van der Waals surface area contributed by atoms with Gasteiger partial charge < -0.3 is 14.2 Å². The molecule has 0 bridgehead atoms. The van der Waals surface area contributed by atoms with Crippen LogP contribution in [0.4, 0.5) is 8.78 Å². The number of methoxy groups -OCH3 is 1. The van der Waals surface area contributed by atoms with Crippen molar-refractivity contribution in [3.05, 3.63) is 64.5 Å². The SMILES string of the molecule is COc1ccc(-c2noc(C3CCC(=O)N3Cc3ccc(F)cc3Cl)n2)cc1F. The monoisotopic (exact) mass is 419 g/mol. The highest BCUT2D eigenvalue weighted by atomic mass is 35.5. The minimum Gasteiger partial charge on any atom is -0.494 e. The Morgan fingerprint density at radius 1 is 1.28 bits per heavy atom. The van der Waals surface area contributed by atoms with Gasteiger partial charge in [-0.25, -0.2) is 8.78 Å². The normalized spacial score (nSPS) is 16.5. The van der Waals surface area contributed by atoms with E-state index in [0.717, 1.165) is 0 Å². The first-order valence-corrected chi connectivity index (χ1v) is 9.25. The number of likely N-dealkylation sites (tertiary alicyclic amines) is 1. The Morgan fingerprint density at radius 3 is 2.83 bits per heavy atom. The lowest BCUT2D eigenvalue weighted by molar-refractivity contribution is -0.129. The van der Waals surface area contributed by atoms with Gasteiger partial charge in [0.15, 0.2) is 11.6 Å². The summed E-state index contributed by atoms with van der Waals surface area (Å²) < 4.78 is 37.5. The molecule has 3 aromatic rings. The van der Waals surface area contributed by atoms with Crippen LogP contribution >= 0.6 is 11.6 Å².